The number of thiazole rings is 1. The fourth-order valence-corrected chi connectivity index (χ4v) is 3.23. The van der Waals surface area contributed by atoms with Crippen molar-refractivity contribution < 1.29 is 18.4 Å². The predicted octanol–water partition coefficient (Wildman–Crippen LogP) is 3.03. The van der Waals surface area contributed by atoms with Gasteiger partial charge in [-0.3, -0.25) is 19.7 Å². The number of pyridine rings is 1. The second-order valence-electron chi connectivity index (χ2n) is 5.29. The summed E-state index contributed by atoms with van der Waals surface area (Å²) in [5.41, 5.74) is -0.816. The second kappa shape index (κ2) is 6.17. The number of hydrogen-bond donors (Lipinski definition) is 2. The van der Waals surface area contributed by atoms with Crippen LogP contribution in [-0.4, -0.2) is 21.7 Å². The summed E-state index contributed by atoms with van der Waals surface area (Å²) in [5, 5.41) is 2.15. The lowest BCUT2D eigenvalue weighted by atomic mass is 10.1. The van der Waals surface area contributed by atoms with Crippen molar-refractivity contribution in [3.63, 3.8) is 0 Å². The number of Topliss-reactive ketones (excluding diaryl/α,β-unsaturated/α-hetero) is 1. The summed E-state index contributed by atoms with van der Waals surface area (Å²) < 4.78 is 27.1. The van der Waals surface area contributed by atoms with E-state index in [0.717, 1.165) is 23.6 Å². The van der Waals surface area contributed by atoms with Crippen LogP contribution in [0, 0.1) is 18.6 Å². The molecule has 128 valence electrons. The Labute approximate surface area is 143 Å². The van der Waals surface area contributed by atoms with Crippen LogP contribution in [0.15, 0.2) is 23.1 Å². The first-order chi connectivity index (χ1) is 11.8. The molecular weight excluding hydrogens is 352 g/mol. The summed E-state index contributed by atoms with van der Waals surface area (Å²) in [6.45, 7) is 3.00. The molecule has 1 amide bonds. The number of carbonyl (C=O) groups excluding carboxylic acids is 2. The largest absolute Gasteiger partial charge is 0.360 e. The van der Waals surface area contributed by atoms with E-state index in [-0.39, 0.29) is 22.0 Å². The molecule has 2 N–H and O–H groups in total. The number of anilines is 1. The molecule has 0 saturated carbocycles. The molecule has 0 atom stereocenters. The Morgan fingerprint density at radius 2 is 2.00 bits per heavy atom. The quantitative estimate of drug-likeness (QED) is 0.700. The SMILES string of the molecule is CC(=O)c1sc(NC(=O)c2c[nH]c3cc(F)cc(F)c3c2=O)nc1C. The summed E-state index contributed by atoms with van der Waals surface area (Å²) in [7, 11) is 0. The number of halogens is 2. The van der Waals surface area contributed by atoms with Crippen LogP contribution in [0.1, 0.15) is 32.6 Å². The molecule has 9 heteroatoms. The average Bonchev–Trinajstić information content (AvgIpc) is 2.87. The molecule has 25 heavy (non-hydrogen) atoms. The Kier molecular flexibility index (Phi) is 4.17. The Hall–Kier alpha value is -2.94. The van der Waals surface area contributed by atoms with Crippen molar-refractivity contribution in [2.75, 3.05) is 5.32 Å². The van der Waals surface area contributed by atoms with Crippen molar-refractivity contribution in [2.24, 2.45) is 0 Å². The van der Waals surface area contributed by atoms with E-state index < -0.39 is 28.4 Å². The van der Waals surface area contributed by atoms with Crippen LogP contribution in [0.25, 0.3) is 10.9 Å². The van der Waals surface area contributed by atoms with Crippen LogP contribution in [0.5, 0.6) is 0 Å². The molecule has 0 fully saturated rings. The third kappa shape index (κ3) is 3.05. The molecule has 2 aromatic heterocycles. The van der Waals surface area contributed by atoms with E-state index in [4.69, 9.17) is 0 Å². The molecule has 2 heterocycles. The van der Waals surface area contributed by atoms with Gasteiger partial charge < -0.3 is 4.98 Å². The third-order valence-electron chi connectivity index (χ3n) is 3.48. The molecule has 0 spiro atoms. The van der Waals surface area contributed by atoms with Crippen molar-refractivity contribution in [2.45, 2.75) is 13.8 Å². The zero-order chi connectivity index (χ0) is 18.3. The molecule has 6 nitrogen and oxygen atoms in total. The molecule has 0 bridgehead atoms. The Bertz CT molecular complexity index is 1090. The summed E-state index contributed by atoms with van der Waals surface area (Å²) in [5.74, 6) is -2.90. The number of nitrogens with one attached hydrogen (secondary N) is 2. The van der Waals surface area contributed by atoms with Crippen molar-refractivity contribution in [3.05, 3.63) is 56.3 Å². The molecule has 0 radical (unpaired) electrons. The number of carbonyl (C=O) groups is 2. The molecule has 0 aliphatic rings. The smallest absolute Gasteiger partial charge is 0.262 e. The second-order valence-corrected chi connectivity index (χ2v) is 6.28. The number of ketones is 1. The monoisotopic (exact) mass is 363 g/mol. The number of nitrogens with zero attached hydrogens (tertiary/aromatic N) is 1. The van der Waals surface area contributed by atoms with Gasteiger partial charge >= 0.3 is 0 Å². The lowest BCUT2D eigenvalue weighted by Crippen LogP contribution is -2.22. The fourth-order valence-electron chi connectivity index (χ4n) is 2.38. The first-order valence-electron chi connectivity index (χ1n) is 7.08. The van der Waals surface area contributed by atoms with Crippen molar-refractivity contribution in [1.29, 1.82) is 0 Å². The molecule has 0 aliphatic heterocycles. The number of benzene rings is 1. The highest BCUT2D eigenvalue weighted by molar-refractivity contribution is 7.17. The Morgan fingerprint density at radius 1 is 1.28 bits per heavy atom. The summed E-state index contributed by atoms with van der Waals surface area (Å²) in [4.78, 5) is 43.1. The van der Waals surface area contributed by atoms with Crippen molar-refractivity contribution in [3.8, 4) is 0 Å². The van der Waals surface area contributed by atoms with Gasteiger partial charge in [0.05, 0.1) is 21.5 Å². The first-order valence-corrected chi connectivity index (χ1v) is 7.89. The highest BCUT2D eigenvalue weighted by atomic mass is 32.1. The van der Waals surface area contributed by atoms with Gasteiger partial charge in [0.2, 0.25) is 5.43 Å². The predicted molar refractivity (Wildman–Crippen MR) is 89.3 cm³/mol. The fraction of sp³-hybridized carbons (Fsp3) is 0.125. The van der Waals surface area contributed by atoms with Crippen LogP contribution in [0.3, 0.4) is 0 Å². The van der Waals surface area contributed by atoms with E-state index in [2.05, 4.69) is 15.3 Å². The number of aromatic amines is 1. The van der Waals surface area contributed by atoms with Crippen molar-refractivity contribution >= 4 is 39.1 Å². The van der Waals surface area contributed by atoms with Crippen LogP contribution in [0.2, 0.25) is 0 Å². The number of rotatable bonds is 3. The van der Waals surface area contributed by atoms with Gasteiger partial charge in [-0.1, -0.05) is 11.3 Å². The number of fused-ring (bicyclic) bond motifs is 1. The van der Waals surface area contributed by atoms with Crippen molar-refractivity contribution in [1.82, 2.24) is 9.97 Å². The van der Waals surface area contributed by atoms with E-state index in [9.17, 15) is 23.2 Å². The molecule has 0 aliphatic carbocycles. The number of aromatic nitrogens is 2. The van der Waals surface area contributed by atoms with Crippen LogP contribution in [-0.2, 0) is 0 Å². The molecule has 1 aromatic carbocycles. The third-order valence-corrected chi connectivity index (χ3v) is 4.65. The maximum absolute atomic E-state index is 13.9. The molecule has 3 aromatic rings. The van der Waals surface area contributed by atoms with E-state index in [1.807, 2.05) is 0 Å². The Balaban J connectivity index is 2.00. The van der Waals surface area contributed by atoms with Crippen LogP contribution < -0.4 is 10.7 Å². The lowest BCUT2D eigenvalue weighted by Gasteiger charge is -2.04. The molecule has 0 saturated heterocycles. The minimum atomic E-state index is -1.06. The average molecular weight is 363 g/mol. The molecule has 3 rings (SSSR count). The van der Waals surface area contributed by atoms with Gasteiger partial charge in [0.15, 0.2) is 10.9 Å². The van der Waals surface area contributed by atoms with E-state index in [1.165, 1.54) is 6.92 Å². The highest BCUT2D eigenvalue weighted by Crippen LogP contribution is 2.23. The summed E-state index contributed by atoms with van der Waals surface area (Å²) in [6, 6.07) is 1.54. The van der Waals surface area contributed by atoms with Gasteiger partial charge in [0, 0.05) is 19.2 Å². The maximum Gasteiger partial charge on any atom is 0.262 e. The number of aryl methyl sites for hydroxylation is 1. The minimum Gasteiger partial charge on any atom is -0.360 e. The van der Waals surface area contributed by atoms with Gasteiger partial charge in [-0.25, -0.2) is 13.8 Å². The van der Waals surface area contributed by atoms with Gasteiger partial charge in [-0.15, -0.1) is 0 Å². The lowest BCUT2D eigenvalue weighted by molar-refractivity contribution is 0.101. The van der Waals surface area contributed by atoms with Gasteiger partial charge in [-0.05, 0) is 13.0 Å². The zero-order valence-electron chi connectivity index (χ0n) is 13.1. The van der Waals surface area contributed by atoms with Gasteiger partial charge in [0.25, 0.3) is 5.91 Å². The summed E-state index contributed by atoms with van der Waals surface area (Å²) >= 11 is 0.977. The summed E-state index contributed by atoms with van der Waals surface area (Å²) in [6.07, 6.45) is 1.07. The van der Waals surface area contributed by atoms with Gasteiger partial charge in [0.1, 0.15) is 17.2 Å². The van der Waals surface area contributed by atoms with E-state index >= 15 is 0 Å². The standard InChI is InChI=1S/C16H11F2N3O3S/c1-6-14(7(2)22)25-16(20-6)21-15(24)9-5-19-11-4-8(17)3-10(18)12(11)13(9)23/h3-5H,1-2H3,(H,19,23)(H,20,21,24). The topological polar surface area (TPSA) is 91.9 Å². The minimum absolute atomic E-state index is 0.0528. The van der Waals surface area contributed by atoms with E-state index in [1.54, 1.807) is 6.92 Å². The van der Waals surface area contributed by atoms with Crippen LogP contribution >= 0.6 is 11.3 Å². The normalized spacial score (nSPS) is 10.9. The zero-order valence-corrected chi connectivity index (χ0v) is 13.9. The van der Waals surface area contributed by atoms with Crippen LogP contribution in [0.4, 0.5) is 13.9 Å². The van der Waals surface area contributed by atoms with E-state index in [0.29, 0.717) is 16.6 Å². The molecule has 0 unspecified atom stereocenters. The first kappa shape index (κ1) is 16.9. The number of H-pyrrole nitrogens is 1. The Morgan fingerprint density at radius 3 is 2.64 bits per heavy atom. The van der Waals surface area contributed by atoms with Gasteiger partial charge in [-0.2, -0.15) is 0 Å². The molecular formula is C16H11F2N3O3S. The number of hydrogen-bond acceptors (Lipinski definition) is 5. The maximum atomic E-state index is 13.9. The highest BCUT2D eigenvalue weighted by Gasteiger charge is 2.19. The number of amides is 1.